The van der Waals surface area contributed by atoms with Crippen molar-refractivity contribution in [2.24, 2.45) is 5.92 Å². The number of hydrogen-bond donors (Lipinski definition) is 1. The van der Waals surface area contributed by atoms with E-state index in [1.807, 2.05) is 13.8 Å². The lowest BCUT2D eigenvalue weighted by Gasteiger charge is -2.17. The van der Waals surface area contributed by atoms with E-state index in [2.05, 4.69) is 22.1 Å². The normalized spacial score (nSPS) is 17.6. The van der Waals surface area contributed by atoms with E-state index in [0.717, 1.165) is 40.8 Å². The molecular weight excluding hydrogens is 408 g/mol. The summed E-state index contributed by atoms with van der Waals surface area (Å²) in [4.78, 5) is 22.7. The van der Waals surface area contributed by atoms with Crippen LogP contribution >= 0.6 is 23.1 Å². The van der Waals surface area contributed by atoms with Crippen molar-refractivity contribution < 1.29 is 8.83 Å². The minimum atomic E-state index is -0.135. The second kappa shape index (κ2) is 7.14. The number of thioether (sulfide) groups is 1. The van der Waals surface area contributed by atoms with Crippen molar-refractivity contribution >= 4 is 33.3 Å². The number of furan rings is 1. The second-order valence-electron chi connectivity index (χ2n) is 7.51. The van der Waals surface area contributed by atoms with Crippen LogP contribution in [-0.2, 0) is 12.8 Å². The molecule has 0 spiro atoms. The van der Waals surface area contributed by atoms with Crippen molar-refractivity contribution in [1.29, 1.82) is 0 Å². The summed E-state index contributed by atoms with van der Waals surface area (Å²) in [6, 6.07) is 1.80. The van der Waals surface area contributed by atoms with Crippen molar-refractivity contribution in [3.05, 3.63) is 44.7 Å². The molecule has 1 aliphatic rings. The molecule has 0 radical (unpaired) electrons. The molecule has 7 nitrogen and oxygen atoms in total. The molecule has 4 aromatic rings. The molecule has 1 aliphatic carbocycles. The summed E-state index contributed by atoms with van der Waals surface area (Å²) < 4.78 is 11.1. The number of aromatic nitrogens is 4. The molecule has 0 aliphatic heterocycles. The van der Waals surface area contributed by atoms with Crippen LogP contribution in [0, 0.1) is 12.8 Å². The van der Waals surface area contributed by atoms with Crippen LogP contribution in [0.2, 0.25) is 0 Å². The van der Waals surface area contributed by atoms with Crippen LogP contribution < -0.4 is 5.56 Å². The van der Waals surface area contributed by atoms with E-state index in [-0.39, 0.29) is 10.8 Å². The van der Waals surface area contributed by atoms with Gasteiger partial charge in [0.25, 0.3) is 16.7 Å². The number of aryl methyl sites for hydroxylation is 2. The zero-order valence-corrected chi connectivity index (χ0v) is 17.9. The number of H-pyrrole nitrogens is 1. The molecule has 4 heterocycles. The number of fused-ring (bicyclic) bond motifs is 3. The number of nitrogens with zero attached hydrogens (tertiary/aromatic N) is 3. The van der Waals surface area contributed by atoms with Crippen molar-refractivity contribution in [3.8, 4) is 11.5 Å². The molecule has 0 amide bonds. The average Bonchev–Trinajstić information content (AvgIpc) is 3.39. The zero-order chi connectivity index (χ0) is 20.1. The largest absolute Gasteiger partial charge is 0.469 e. The Bertz CT molecular complexity index is 1250. The van der Waals surface area contributed by atoms with Gasteiger partial charge in [-0.2, -0.15) is 0 Å². The van der Waals surface area contributed by atoms with Crippen molar-refractivity contribution in [2.45, 2.75) is 50.5 Å². The maximum atomic E-state index is 12.8. The van der Waals surface area contributed by atoms with E-state index in [4.69, 9.17) is 13.8 Å². The monoisotopic (exact) mass is 428 g/mol. The lowest BCUT2D eigenvalue weighted by Crippen LogP contribution is -2.15. The van der Waals surface area contributed by atoms with Gasteiger partial charge in [0.1, 0.15) is 16.4 Å². The van der Waals surface area contributed by atoms with Gasteiger partial charge in [0.05, 0.1) is 22.5 Å². The van der Waals surface area contributed by atoms with Crippen LogP contribution in [0.1, 0.15) is 47.5 Å². The molecule has 0 aromatic carbocycles. The Balaban J connectivity index is 1.43. The lowest BCUT2D eigenvalue weighted by molar-refractivity contribution is 0.462. The molecule has 29 heavy (non-hydrogen) atoms. The third-order valence-corrected chi connectivity index (χ3v) is 7.43. The first kappa shape index (κ1) is 18.6. The Labute approximate surface area is 175 Å². The highest BCUT2D eigenvalue weighted by atomic mass is 32.2. The minimum absolute atomic E-state index is 0.0512. The van der Waals surface area contributed by atoms with Gasteiger partial charge in [-0.05, 0) is 50.7 Å². The number of aromatic amines is 1. The minimum Gasteiger partial charge on any atom is -0.469 e. The lowest BCUT2D eigenvalue weighted by atomic mass is 9.89. The number of nitrogens with one attached hydrogen (secondary N) is 1. The van der Waals surface area contributed by atoms with Gasteiger partial charge in [0, 0.05) is 4.88 Å². The van der Waals surface area contributed by atoms with Crippen LogP contribution in [0.3, 0.4) is 0 Å². The molecule has 9 heteroatoms. The first-order valence-corrected chi connectivity index (χ1v) is 11.3. The molecule has 0 saturated carbocycles. The SMILES string of the molecule is Cc1occc1-c1nnc(SC(C)c2nc3sc4c(c3c(=O)[nH]2)CCC(C)C4)o1. The van der Waals surface area contributed by atoms with E-state index < -0.39 is 0 Å². The molecular formula is C20H20N4O3S2. The summed E-state index contributed by atoms with van der Waals surface area (Å²) in [5, 5.41) is 9.27. The first-order valence-electron chi connectivity index (χ1n) is 9.58. The summed E-state index contributed by atoms with van der Waals surface area (Å²) in [7, 11) is 0. The highest BCUT2D eigenvalue weighted by Crippen LogP contribution is 2.38. The highest BCUT2D eigenvalue weighted by Gasteiger charge is 2.24. The fraction of sp³-hybridized carbons (Fsp3) is 0.400. The Morgan fingerprint density at radius 2 is 2.24 bits per heavy atom. The van der Waals surface area contributed by atoms with Gasteiger partial charge in [-0.25, -0.2) is 4.98 Å². The van der Waals surface area contributed by atoms with Gasteiger partial charge < -0.3 is 13.8 Å². The van der Waals surface area contributed by atoms with Crippen molar-refractivity contribution in [3.63, 3.8) is 0 Å². The third-order valence-electron chi connectivity index (χ3n) is 5.34. The van der Waals surface area contributed by atoms with Crippen LogP contribution in [0.15, 0.2) is 31.2 Å². The quantitative estimate of drug-likeness (QED) is 0.461. The Hall–Kier alpha value is -2.39. The Kier molecular flexibility index (Phi) is 4.59. The van der Waals surface area contributed by atoms with Crippen molar-refractivity contribution in [2.75, 3.05) is 0 Å². The second-order valence-corrected chi connectivity index (χ2v) is 9.88. The van der Waals surface area contributed by atoms with Gasteiger partial charge in [-0.1, -0.05) is 18.7 Å². The van der Waals surface area contributed by atoms with Gasteiger partial charge in [0.15, 0.2) is 0 Å². The van der Waals surface area contributed by atoms with Crippen LogP contribution in [0.25, 0.3) is 21.7 Å². The van der Waals surface area contributed by atoms with E-state index >= 15 is 0 Å². The summed E-state index contributed by atoms with van der Waals surface area (Å²) >= 11 is 3.03. The highest BCUT2D eigenvalue weighted by molar-refractivity contribution is 7.99. The first-order chi connectivity index (χ1) is 14.0. The van der Waals surface area contributed by atoms with E-state index in [1.165, 1.54) is 22.2 Å². The molecule has 1 N–H and O–H groups in total. The molecule has 0 saturated heterocycles. The van der Waals surface area contributed by atoms with E-state index in [1.54, 1.807) is 23.7 Å². The molecule has 4 aromatic heterocycles. The summed E-state index contributed by atoms with van der Waals surface area (Å²) in [5.41, 5.74) is 1.92. The molecule has 2 unspecified atom stereocenters. The molecule has 2 atom stereocenters. The zero-order valence-electron chi connectivity index (χ0n) is 16.3. The topological polar surface area (TPSA) is 97.8 Å². The van der Waals surface area contributed by atoms with Crippen molar-refractivity contribution in [1.82, 2.24) is 20.2 Å². The fourth-order valence-electron chi connectivity index (χ4n) is 3.74. The summed E-state index contributed by atoms with van der Waals surface area (Å²) in [6.45, 7) is 6.08. The fourth-order valence-corrected chi connectivity index (χ4v) is 5.87. The van der Waals surface area contributed by atoms with Gasteiger partial charge in [-0.3, -0.25) is 4.79 Å². The summed E-state index contributed by atoms with van der Waals surface area (Å²) in [5.74, 6) is 2.43. The predicted molar refractivity (Wildman–Crippen MR) is 112 cm³/mol. The maximum Gasteiger partial charge on any atom is 0.277 e. The van der Waals surface area contributed by atoms with Gasteiger partial charge in [0.2, 0.25) is 0 Å². The Morgan fingerprint density at radius 1 is 1.38 bits per heavy atom. The number of rotatable bonds is 4. The molecule has 0 bridgehead atoms. The van der Waals surface area contributed by atoms with E-state index in [9.17, 15) is 4.79 Å². The van der Waals surface area contributed by atoms with Crippen LogP contribution in [-0.4, -0.2) is 20.2 Å². The number of hydrogen-bond acceptors (Lipinski definition) is 8. The summed E-state index contributed by atoms with van der Waals surface area (Å²) in [6.07, 6.45) is 4.72. The smallest absolute Gasteiger partial charge is 0.277 e. The third kappa shape index (κ3) is 3.32. The van der Waals surface area contributed by atoms with Gasteiger partial charge >= 0.3 is 0 Å². The molecule has 150 valence electrons. The average molecular weight is 429 g/mol. The van der Waals surface area contributed by atoms with Crippen LogP contribution in [0.4, 0.5) is 0 Å². The number of thiophene rings is 1. The maximum absolute atomic E-state index is 12.8. The molecule has 0 fully saturated rings. The standard InChI is InChI=1S/C20H20N4O3S2/c1-9-4-5-13-14(8-9)29-19-15(13)17(25)21-16(22-19)11(3)28-20-24-23-18(27-20)12-6-7-26-10(12)2/h6-7,9,11H,4-5,8H2,1-3H3,(H,21,22,25). The molecule has 5 rings (SSSR count). The predicted octanol–water partition coefficient (Wildman–Crippen LogP) is 4.91. The van der Waals surface area contributed by atoms with Crippen LogP contribution in [0.5, 0.6) is 0 Å². The Morgan fingerprint density at radius 3 is 3.03 bits per heavy atom. The van der Waals surface area contributed by atoms with E-state index in [0.29, 0.717) is 22.9 Å². The van der Waals surface area contributed by atoms with Gasteiger partial charge in [-0.15, -0.1) is 21.5 Å².